The first-order valence-electron chi connectivity index (χ1n) is 17.3. The second-order valence-corrected chi connectivity index (χ2v) is 22.3. The van der Waals surface area contributed by atoms with E-state index in [0.717, 1.165) is 52.8 Å². The molecule has 0 spiro atoms. The van der Waals surface area contributed by atoms with Crippen LogP contribution in [-0.4, -0.2) is 59.9 Å². The van der Waals surface area contributed by atoms with Gasteiger partial charge < -0.3 is 18.6 Å². The first-order valence-corrected chi connectivity index (χ1v) is 21.9. The molecular weight excluding hydrogens is 725 g/mol. The highest BCUT2D eigenvalue weighted by Crippen LogP contribution is 2.38. The predicted octanol–water partition coefficient (Wildman–Crippen LogP) is 10.8. The summed E-state index contributed by atoms with van der Waals surface area (Å²) in [5.41, 5.74) is 1.73. The number of carbonyl (C=O) groups excluding carboxylic acids is 3. The molecule has 49 heavy (non-hydrogen) atoms. The first-order chi connectivity index (χ1) is 22.8. The average Bonchev–Trinajstić information content (AvgIpc) is 3.45. The molecule has 0 radical (unpaired) electrons. The summed E-state index contributed by atoms with van der Waals surface area (Å²) in [4.78, 5) is 45.9. The summed E-state index contributed by atoms with van der Waals surface area (Å²) in [5.74, 6) is -1.57. The second kappa shape index (κ2) is 19.4. The van der Waals surface area contributed by atoms with Gasteiger partial charge >= 0.3 is 12.1 Å². The number of hydrogen-bond donors (Lipinski definition) is 0. The topological polar surface area (TPSA) is 101 Å². The smallest absolute Gasteiger partial charge is 0.457 e. The number of rotatable bonds is 9. The van der Waals surface area contributed by atoms with E-state index >= 15 is 0 Å². The number of alkyl halides is 3. The van der Waals surface area contributed by atoms with Crippen molar-refractivity contribution in [2.75, 3.05) is 6.61 Å². The molecule has 0 fully saturated rings. The Morgan fingerprint density at radius 3 is 2.33 bits per heavy atom. The molecule has 0 bridgehead atoms. The third-order valence-electron chi connectivity index (χ3n) is 9.88. The number of esters is 1. The van der Waals surface area contributed by atoms with Gasteiger partial charge in [-0.25, -0.2) is 9.78 Å². The lowest BCUT2D eigenvalue weighted by atomic mass is 9.73. The Labute approximate surface area is 313 Å². The molecule has 13 heteroatoms. The van der Waals surface area contributed by atoms with Crippen LogP contribution in [-0.2, 0) is 28.2 Å². The number of halogens is 3. The van der Waals surface area contributed by atoms with Crippen molar-refractivity contribution in [2.24, 2.45) is 17.3 Å². The van der Waals surface area contributed by atoms with Crippen LogP contribution in [0.3, 0.4) is 0 Å². The zero-order chi connectivity index (χ0) is 37.2. The normalized spacial score (nSPS) is 26.4. The maximum Gasteiger partial charge on any atom is 0.508 e. The number of nitrogens with zero attached hydrogens (tertiary/aromatic N) is 1. The van der Waals surface area contributed by atoms with Crippen LogP contribution in [0.25, 0.3) is 6.08 Å². The molecule has 1 aliphatic rings. The molecule has 0 amide bonds. The fourth-order valence-electron chi connectivity index (χ4n) is 6.37. The van der Waals surface area contributed by atoms with Crippen LogP contribution in [0.4, 0.5) is 4.79 Å². The van der Waals surface area contributed by atoms with Crippen molar-refractivity contribution in [2.45, 2.75) is 142 Å². The summed E-state index contributed by atoms with van der Waals surface area (Å²) < 4.78 is 22.3. The highest BCUT2D eigenvalue weighted by Gasteiger charge is 2.48. The van der Waals surface area contributed by atoms with Crippen LogP contribution in [0.15, 0.2) is 22.6 Å². The Balaban J connectivity index is 2.59. The molecule has 0 unspecified atom stereocenters. The van der Waals surface area contributed by atoms with E-state index in [1.165, 1.54) is 0 Å². The van der Waals surface area contributed by atoms with Crippen LogP contribution in [0.1, 0.15) is 105 Å². The predicted molar refractivity (Wildman–Crippen MR) is 203 cm³/mol. The summed E-state index contributed by atoms with van der Waals surface area (Å²) in [6.45, 7) is 19.2. The Kier molecular flexibility index (Phi) is 17.3. The van der Waals surface area contributed by atoms with Gasteiger partial charge in [0.25, 0.3) is 0 Å². The number of ketones is 1. The van der Waals surface area contributed by atoms with Crippen LogP contribution in [0.5, 0.6) is 0 Å². The third kappa shape index (κ3) is 13.6. The molecule has 1 aromatic rings. The largest absolute Gasteiger partial charge is 0.508 e. The number of aromatic nitrogens is 1. The SMILES string of the molecule is CC[Si](CC)(CC)O[C@H]1CC(=O)O[C@H](/C(C)=C/c2csc(C)n2)C/C=C(/C)CCC[C@H](C)[C@H](OC(=O)OCC(Cl)(Cl)Cl)[C@@H](C)C(=O)C1(C)C. The minimum absolute atomic E-state index is 0.102. The van der Waals surface area contributed by atoms with E-state index < -0.39 is 60.5 Å². The lowest BCUT2D eigenvalue weighted by Crippen LogP contribution is -2.52. The summed E-state index contributed by atoms with van der Waals surface area (Å²) in [5, 5.41) is 2.95. The van der Waals surface area contributed by atoms with Gasteiger partial charge in [-0.1, -0.05) is 94.9 Å². The number of thiazole rings is 1. The fourth-order valence-corrected chi connectivity index (χ4v) is 10.1. The van der Waals surface area contributed by atoms with Crippen LogP contribution >= 0.6 is 46.1 Å². The van der Waals surface area contributed by atoms with E-state index in [1.807, 2.05) is 46.1 Å². The molecule has 0 aromatic carbocycles. The number of cyclic esters (lactones) is 1. The Bertz CT molecular complexity index is 1310. The lowest BCUT2D eigenvalue weighted by molar-refractivity contribution is -0.153. The minimum Gasteiger partial charge on any atom is -0.457 e. The number of ether oxygens (including phenoxy) is 3. The number of allylic oxidation sites excluding steroid dienone is 1. The number of carbonyl (C=O) groups is 3. The fraction of sp³-hybridized carbons (Fsp3) is 0.722. The van der Waals surface area contributed by atoms with E-state index in [9.17, 15) is 14.4 Å². The zero-order valence-electron chi connectivity index (χ0n) is 30.8. The van der Waals surface area contributed by atoms with Gasteiger partial charge in [0.1, 0.15) is 24.6 Å². The van der Waals surface area contributed by atoms with Gasteiger partial charge in [0.2, 0.25) is 3.79 Å². The standard InChI is InChI=1S/C36H56Cl3NO7SSi/c1-11-49(12-2,13-3)47-30-20-31(41)45-29(25(6)19-28-21-48-27(8)40-28)18-17-23(4)15-14-16-24(5)32(26(7)33(42)35(30,9)10)46-34(43)44-22-36(37,38)39/h17,19,21,24,26,29-30,32H,11-16,18,20,22H2,1-10H3/b23-17-,25-19+/t24-,26+,29-,30-,32-/m0/s1. The molecule has 2 rings (SSSR count). The van der Waals surface area contributed by atoms with Gasteiger partial charge in [0.15, 0.2) is 8.32 Å². The van der Waals surface area contributed by atoms with Crippen molar-refractivity contribution >= 4 is 78.4 Å². The lowest BCUT2D eigenvalue weighted by Gasteiger charge is -2.42. The molecule has 278 valence electrons. The van der Waals surface area contributed by atoms with E-state index in [2.05, 4.69) is 38.8 Å². The van der Waals surface area contributed by atoms with Gasteiger partial charge in [0, 0.05) is 17.2 Å². The molecule has 5 atom stereocenters. The van der Waals surface area contributed by atoms with Gasteiger partial charge in [0.05, 0.1) is 29.1 Å². The maximum atomic E-state index is 14.6. The molecule has 8 nitrogen and oxygen atoms in total. The average molecular weight is 781 g/mol. The van der Waals surface area contributed by atoms with Crippen molar-refractivity contribution in [1.29, 1.82) is 0 Å². The van der Waals surface area contributed by atoms with Gasteiger partial charge in [-0.05, 0) is 75.7 Å². The molecule has 0 N–H and O–H groups in total. The Morgan fingerprint density at radius 2 is 1.78 bits per heavy atom. The maximum absolute atomic E-state index is 14.6. The molecule has 0 aliphatic carbocycles. The van der Waals surface area contributed by atoms with Crippen LogP contribution in [0, 0.1) is 24.2 Å². The molecular formula is C36H56Cl3NO7SSi. The minimum atomic E-state index is -2.31. The van der Waals surface area contributed by atoms with Crippen molar-refractivity contribution in [3.63, 3.8) is 0 Å². The molecule has 1 aromatic heterocycles. The Hall–Kier alpha value is -1.43. The molecule has 2 heterocycles. The van der Waals surface area contributed by atoms with Crippen molar-refractivity contribution < 1.29 is 33.0 Å². The van der Waals surface area contributed by atoms with E-state index in [4.69, 9.17) is 53.4 Å². The summed E-state index contributed by atoms with van der Waals surface area (Å²) in [6.07, 6.45) is 3.64. The van der Waals surface area contributed by atoms with Gasteiger partial charge in [-0.15, -0.1) is 11.3 Å². The summed E-state index contributed by atoms with van der Waals surface area (Å²) >= 11 is 18.9. The number of hydrogen-bond acceptors (Lipinski definition) is 9. The zero-order valence-corrected chi connectivity index (χ0v) is 34.9. The second-order valence-electron chi connectivity index (χ2n) is 14.0. The van der Waals surface area contributed by atoms with Gasteiger partial charge in [-0.2, -0.15) is 0 Å². The van der Waals surface area contributed by atoms with Crippen LogP contribution in [0.2, 0.25) is 18.1 Å². The molecule has 0 saturated heterocycles. The van der Waals surface area contributed by atoms with E-state index in [-0.39, 0.29) is 18.1 Å². The van der Waals surface area contributed by atoms with Gasteiger partial charge in [-0.3, -0.25) is 9.59 Å². The third-order valence-corrected chi connectivity index (χ3v) is 15.6. The monoisotopic (exact) mass is 779 g/mol. The summed E-state index contributed by atoms with van der Waals surface area (Å²) in [6, 6.07) is 2.51. The first kappa shape index (κ1) is 43.7. The Morgan fingerprint density at radius 1 is 1.14 bits per heavy atom. The number of aryl methyl sites for hydroxylation is 1. The quantitative estimate of drug-likeness (QED) is 0.106. The van der Waals surface area contributed by atoms with Crippen molar-refractivity contribution in [1.82, 2.24) is 4.98 Å². The van der Waals surface area contributed by atoms with Crippen molar-refractivity contribution in [3.05, 3.63) is 33.3 Å². The van der Waals surface area contributed by atoms with E-state index in [0.29, 0.717) is 12.8 Å². The highest BCUT2D eigenvalue weighted by atomic mass is 35.6. The summed E-state index contributed by atoms with van der Waals surface area (Å²) in [7, 11) is -2.31. The molecule has 1 aliphatic heterocycles. The van der Waals surface area contributed by atoms with Crippen LogP contribution < -0.4 is 0 Å². The molecule has 0 saturated carbocycles. The number of Topliss-reactive ketones (excluding diaryl/α,β-unsaturated/α-hetero) is 1. The van der Waals surface area contributed by atoms with Crippen molar-refractivity contribution in [3.8, 4) is 0 Å². The highest BCUT2D eigenvalue weighted by molar-refractivity contribution is 7.09. The van der Waals surface area contributed by atoms with E-state index in [1.54, 1.807) is 18.3 Å².